The van der Waals surface area contributed by atoms with Crippen molar-refractivity contribution in [2.45, 2.75) is 69.5 Å². The standard InChI is InChI=1S/C7H16N.C4H9O.ClH.Sn/c1-3-4-5-6-7(2)8;1-3-4(2)5;;/h3,7H,4-6,8H2,1-2H3;4H,3H2,1-2H3;1H;/q;-1;;+1. The fourth-order valence-corrected chi connectivity index (χ4v) is 3.84. The zero-order chi connectivity index (χ0) is 11.0. The summed E-state index contributed by atoms with van der Waals surface area (Å²) in [5, 5.41) is 0. The molecule has 0 aliphatic heterocycles. The molecule has 0 spiro atoms. The third kappa shape index (κ3) is 12.9. The van der Waals surface area contributed by atoms with E-state index >= 15 is 0 Å². The molecule has 0 amide bonds. The van der Waals surface area contributed by atoms with Gasteiger partial charge in [0.1, 0.15) is 0 Å². The Hall–Kier alpha value is 1.01. The van der Waals surface area contributed by atoms with Crippen LogP contribution in [-0.2, 0) is 3.07 Å². The van der Waals surface area contributed by atoms with Gasteiger partial charge in [-0.15, -0.1) is 12.4 Å². The van der Waals surface area contributed by atoms with Crippen LogP contribution in [0.4, 0.5) is 0 Å². The van der Waals surface area contributed by atoms with E-state index in [-0.39, 0.29) is 12.4 Å². The van der Waals surface area contributed by atoms with Crippen molar-refractivity contribution in [1.82, 2.24) is 0 Å². The van der Waals surface area contributed by atoms with E-state index in [1.54, 1.807) is 0 Å². The maximum Gasteiger partial charge on any atom is -0.147 e. The molecular formula is C11H26ClNOSn. The first-order valence-corrected chi connectivity index (χ1v) is 8.54. The Morgan fingerprint density at radius 3 is 2.27 bits per heavy atom. The van der Waals surface area contributed by atoms with E-state index in [9.17, 15) is 0 Å². The Balaban J connectivity index is 0. The van der Waals surface area contributed by atoms with E-state index in [1.807, 2.05) is 0 Å². The Bertz CT molecular complexity index is 136. The van der Waals surface area contributed by atoms with Gasteiger partial charge < -0.3 is 0 Å². The maximum absolute atomic E-state index is 5.85. The summed E-state index contributed by atoms with van der Waals surface area (Å²) in [4.78, 5) is 0. The summed E-state index contributed by atoms with van der Waals surface area (Å²) in [6, 6.07) is 0.364. The Labute approximate surface area is 112 Å². The second-order valence-electron chi connectivity index (χ2n) is 4.26. The van der Waals surface area contributed by atoms with Crippen LogP contribution >= 0.6 is 12.4 Å². The van der Waals surface area contributed by atoms with E-state index in [0.717, 1.165) is 16.8 Å². The monoisotopic (exact) mass is 343 g/mol. The number of hydrogen-bond donors (Lipinski definition) is 1. The number of nitrogens with two attached hydrogens (primary N) is 1. The summed E-state index contributed by atoms with van der Waals surface area (Å²) in [5.74, 6) is 0. The maximum atomic E-state index is 5.85. The topological polar surface area (TPSA) is 35.2 Å². The van der Waals surface area contributed by atoms with Gasteiger partial charge in [0.25, 0.3) is 0 Å². The van der Waals surface area contributed by atoms with Gasteiger partial charge in [-0.3, -0.25) is 0 Å². The minimum atomic E-state index is -0.578. The van der Waals surface area contributed by atoms with E-state index < -0.39 is 21.6 Å². The summed E-state index contributed by atoms with van der Waals surface area (Å²) in [6.07, 6.45) is 5.37. The molecule has 0 aromatic carbocycles. The Morgan fingerprint density at radius 1 is 1.20 bits per heavy atom. The van der Waals surface area contributed by atoms with Crippen LogP contribution in [-0.4, -0.2) is 33.7 Å². The largest absolute Gasteiger partial charge is 0.147 e. The van der Waals surface area contributed by atoms with Crippen LogP contribution in [0.25, 0.3) is 0 Å². The first-order chi connectivity index (χ1) is 6.56. The average Bonchev–Trinajstić information content (AvgIpc) is 2.13. The summed E-state index contributed by atoms with van der Waals surface area (Å²) in [5.41, 5.74) is 5.70. The van der Waals surface area contributed by atoms with Crippen molar-refractivity contribution in [3.8, 4) is 0 Å². The van der Waals surface area contributed by atoms with Gasteiger partial charge in [0.05, 0.1) is 0 Å². The molecule has 0 bridgehead atoms. The van der Waals surface area contributed by atoms with Crippen LogP contribution in [0.15, 0.2) is 0 Å². The molecule has 0 aromatic heterocycles. The third-order valence-corrected chi connectivity index (χ3v) is 5.85. The van der Waals surface area contributed by atoms with Crippen molar-refractivity contribution < 1.29 is 3.07 Å². The SMILES string of the molecule is CCC(C)[O][Sn][CH](C)CCCC(C)N.Cl. The van der Waals surface area contributed by atoms with Gasteiger partial charge in [-0.05, 0) is 0 Å². The molecule has 15 heavy (non-hydrogen) atoms. The van der Waals surface area contributed by atoms with Crippen LogP contribution in [0.5, 0.6) is 0 Å². The number of rotatable bonds is 8. The van der Waals surface area contributed by atoms with Crippen molar-refractivity contribution in [3.63, 3.8) is 0 Å². The molecule has 0 heterocycles. The third-order valence-electron chi connectivity index (χ3n) is 2.34. The summed E-state index contributed by atoms with van der Waals surface area (Å²) in [6.45, 7) is 8.77. The quantitative estimate of drug-likeness (QED) is 0.688. The fourth-order valence-electron chi connectivity index (χ4n) is 1.12. The van der Waals surface area contributed by atoms with Gasteiger partial charge in [-0.1, -0.05) is 0 Å². The Kier molecular flexibility index (Phi) is 14.1. The molecule has 3 unspecified atom stereocenters. The van der Waals surface area contributed by atoms with E-state index in [2.05, 4.69) is 27.7 Å². The normalized spacial score (nSPS) is 16.6. The molecule has 0 aliphatic carbocycles. The van der Waals surface area contributed by atoms with Gasteiger partial charge in [0.2, 0.25) is 0 Å². The molecule has 0 fully saturated rings. The second-order valence-corrected chi connectivity index (χ2v) is 8.42. The summed E-state index contributed by atoms with van der Waals surface area (Å²) in [7, 11) is 0. The molecule has 4 heteroatoms. The first-order valence-electron chi connectivity index (χ1n) is 5.73. The van der Waals surface area contributed by atoms with E-state index in [0.29, 0.717) is 12.1 Å². The summed E-state index contributed by atoms with van der Waals surface area (Å²) < 4.78 is 6.69. The summed E-state index contributed by atoms with van der Waals surface area (Å²) >= 11 is -0.578. The van der Waals surface area contributed by atoms with Crippen molar-refractivity contribution in [2.75, 3.05) is 0 Å². The van der Waals surface area contributed by atoms with Crippen LogP contribution in [0.3, 0.4) is 0 Å². The minimum Gasteiger partial charge on any atom is -0.147 e. The van der Waals surface area contributed by atoms with E-state index in [4.69, 9.17) is 8.81 Å². The fraction of sp³-hybridized carbons (Fsp3) is 1.00. The molecular weight excluding hydrogens is 316 g/mol. The average molecular weight is 342 g/mol. The predicted molar refractivity (Wildman–Crippen MR) is 70.8 cm³/mol. The van der Waals surface area contributed by atoms with Gasteiger partial charge in [0.15, 0.2) is 0 Å². The van der Waals surface area contributed by atoms with E-state index in [1.165, 1.54) is 12.8 Å². The molecule has 2 N–H and O–H groups in total. The number of hydrogen-bond acceptors (Lipinski definition) is 2. The van der Waals surface area contributed by atoms with Crippen molar-refractivity contribution in [3.05, 3.63) is 0 Å². The second kappa shape index (κ2) is 11.5. The van der Waals surface area contributed by atoms with Gasteiger partial charge in [0, 0.05) is 0 Å². The zero-order valence-electron chi connectivity index (χ0n) is 10.5. The van der Waals surface area contributed by atoms with Crippen molar-refractivity contribution in [2.24, 2.45) is 5.73 Å². The van der Waals surface area contributed by atoms with Crippen molar-refractivity contribution >= 4 is 34.0 Å². The zero-order valence-corrected chi connectivity index (χ0v) is 14.1. The molecule has 0 aliphatic rings. The minimum absolute atomic E-state index is 0. The number of halogens is 1. The molecule has 0 rings (SSSR count). The predicted octanol–water partition coefficient (Wildman–Crippen LogP) is 3.17. The molecule has 0 saturated carbocycles. The Morgan fingerprint density at radius 2 is 1.80 bits per heavy atom. The van der Waals surface area contributed by atoms with Crippen LogP contribution in [0, 0.1) is 0 Å². The van der Waals surface area contributed by atoms with Gasteiger partial charge in [-0.25, -0.2) is 0 Å². The van der Waals surface area contributed by atoms with Crippen LogP contribution < -0.4 is 5.73 Å². The molecule has 0 aromatic rings. The van der Waals surface area contributed by atoms with Gasteiger partial charge >= 0.3 is 99.8 Å². The smallest absolute Gasteiger partial charge is 0.147 e. The molecule has 2 nitrogen and oxygen atoms in total. The van der Waals surface area contributed by atoms with Crippen molar-refractivity contribution in [1.29, 1.82) is 0 Å². The van der Waals surface area contributed by atoms with Crippen LogP contribution in [0.1, 0.15) is 53.4 Å². The van der Waals surface area contributed by atoms with Gasteiger partial charge in [-0.2, -0.15) is 0 Å². The molecule has 0 saturated heterocycles. The first kappa shape index (κ1) is 18.4. The molecule has 92 valence electrons. The molecule has 3 atom stereocenters. The molecule has 2 radical (unpaired) electrons. The van der Waals surface area contributed by atoms with Crippen LogP contribution in [0.2, 0.25) is 3.93 Å².